The van der Waals surface area contributed by atoms with Crippen LogP contribution in [0.2, 0.25) is 0 Å². The van der Waals surface area contributed by atoms with Gasteiger partial charge in [0.1, 0.15) is 11.6 Å². The van der Waals surface area contributed by atoms with Crippen molar-refractivity contribution in [1.29, 1.82) is 0 Å². The molecular weight excluding hydrogens is 304 g/mol. The van der Waals surface area contributed by atoms with E-state index in [1.165, 1.54) is 18.2 Å². The zero-order valence-electron chi connectivity index (χ0n) is 12.8. The van der Waals surface area contributed by atoms with Crippen molar-refractivity contribution in [2.24, 2.45) is 11.8 Å². The van der Waals surface area contributed by atoms with Crippen molar-refractivity contribution < 1.29 is 23.5 Å². The Labute approximate surface area is 133 Å². The number of amides is 1. The number of carboxylic acid groups (broad SMARTS) is 1. The van der Waals surface area contributed by atoms with Gasteiger partial charge in [0.05, 0.1) is 5.92 Å². The molecule has 1 aliphatic carbocycles. The number of aliphatic carboxylic acids is 1. The summed E-state index contributed by atoms with van der Waals surface area (Å²) in [5.74, 6) is -3.78. The lowest BCUT2D eigenvalue weighted by atomic mass is 9.93. The highest BCUT2D eigenvalue weighted by Crippen LogP contribution is 2.50. The Kier molecular flexibility index (Phi) is 4.08. The first-order valence-electron chi connectivity index (χ1n) is 7.87. The Morgan fingerprint density at radius 3 is 2.48 bits per heavy atom. The number of carboxylic acids is 1. The first-order valence-corrected chi connectivity index (χ1v) is 7.87. The molecular formula is C17H19F2NO3. The topological polar surface area (TPSA) is 57.6 Å². The van der Waals surface area contributed by atoms with E-state index < -0.39 is 35.4 Å². The Balaban J connectivity index is 1.73. The summed E-state index contributed by atoms with van der Waals surface area (Å²) in [6, 6.07) is 3.66. The number of rotatable bonds is 3. The van der Waals surface area contributed by atoms with Gasteiger partial charge in [0.25, 0.3) is 0 Å². The second-order valence-electron chi connectivity index (χ2n) is 6.54. The monoisotopic (exact) mass is 323 g/mol. The summed E-state index contributed by atoms with van der Waals surface area (Å²) >= 11 is 0. The molecule has 1 aliphatic heterocycles. The smallest absolute Gasteiger partial charge is 0.308 e. The zero-order valence-corrected chi connectivity index (χ0v) is 12.8. The van der Waals surface area contributed by atoms with Crippen molar-refractivity contribution in [2.75, 3.05) is 6.54 Å². The van der Waals surface area contributed by atoms with E-state index in [-0.39, 0.29) is 24.1 Å². The number of carbonyl (C=O) groups is 2. The third-order valence-electron chi connectivity index (χ3n) is 4.99. The summed E-state index contributed by atoms with van der Waals surface area (Å²) in [5, 5.41) is 9.14. The highest BCUT2D eigenvalue weighted by atomic mass is 19.1. The minimum absolute atomic E-state index is 0.0229. The summed E-state index contributed by atoms with van der Waals surface area (Å²) in [6.45, 7) is 2.06. The van der Waals surface area contributed by atoms with E-state index in [0.717, 1.165) is 0 Å². The lowest BCUT2D eigenvalue weighted by molar-refractivity contribution is -0.147. The molecule has 0 spiro atoms. The van der Waals surface area contributed by atoms with Crippen LogP contribution in [0.15, 0.2) is 18.2 Å². The molecule has 1 aromatic carbocycles. The maximum atomic E-state index is 13.8. The van der Waals surface area contributed by atoms with Crippen LogP contribution >= 0.6 is 0 Å². The van der Waals surface area contributed by atoms with Crippen LogP contribution in [0.5, 0.6) is 0 Å². The molecule has 1 amide bonds. The van der Waals surface area contributed by atoms with Crippen LogP contribution in [-0.2, 0) is 9.59 Å². The Morgan fingerprint density at radius 2 is 1.87 bits per heavy atom. The summed E-state index contributed by atoms with van der Waals surface area (Å²) in [5.41, 5.74) is -0.0229. The lowest BCUT2D eigenvalue weighted by Crippen LogP contribution is -2.48. The fourth-order valence-electron chi connectivity index (χ4n) is 3.48. The molecule has 4 unspecified atom stereocenters. The van der Waals surface area contributed by atoms with E-state index in [9.17, 15) is 18.4 Å². The summed E-state index contributed by atoms with van der Waals surface area (Å²) in [6.07, 6.45) is 1.60. The van der Waals surface area contributed by atoms with Gasteiger partial charge in [-0.3, -0.25) is 9.59 Å². The fraction of sp³-hybridized carbons (Fsp3) is 0.529. The van der Waals surface area contributed by atoms with E-state index in [4.69, 9.17) is 5.11 Å². The Morgan fingerprint density at radius 1 is 1.22 bits per heavy atom. The number of halogens is 2. The van der Waals surface area contributed by atoms with Gasteiger partial charge in [0.15, 0.2) is 0 Å². The number of nitrogens with zero attached hydrogens (tertiary/aromatic N) is 1. The molecule has 0 bridgehead atoms. The molecule has 2 fully saturated rings. The number of hydrogen-bond donors (Lipinski definition) is 1. The second kappa shape index (κ2) is 5.91. The second-order valence-corrected chi connectivity index (χ2v) is 6.54. The van der Waals surface area contributed by atoms with Crippen LogP contribution < -0.4 is 0 Å². The zero-order chi connectivity index (χ0) is 16.7. The SMILES string of the molecule is CC1CCC(C(=O)O)CN1C(=O)C1CC1c1c(F)cccc1F. The van der Waals surface area contributed by atoms with Gasteiger partial charge < -0.3 is 10.0 Å². The number of benzene rings is 1. The van der Waals surface area contributed by atoms with Gasteiger partial charge in [-0.25, -0.2) is 8.78 Å². The number of piperidine rings is 1. The minimum atomic E-state index is -0.901. The van der Waals surface area contributed by atoms with Crippen LogP contribution in [-0.4, -0.2) is 34.5 Å². The molecule has 6 heteroatoms. The third-order valence-corrected chi connectivity index (χ3v) is 4.99. The van der Waals surface area contributed by atoms with Gasteiger partial charge in [0.2, 0.25) is 5.91 Å². The maximum absolute atomic E-state index is 13.8. The summed E-state index contributed by atoms with van der Waals surface area (Å²) in [4.78, 5) is 25.4. The van der Waals surface area contributed by atoms with Crippen LogP contribution in [0.3, 0.4) is 0 Å². The van der Waals surface area contributed by atoms with Crippen LogP contribution in [0.1, 0.15) is 37.7 Å². The van der Waals surface area contributed by atoms with Crippen molar-refractivity contribution in [1.82, 2.24) is 4.90 Å². The molecule has 4 nitrogen and oxygen atoms in total. The summed E-state index contributed by atoms with van der Waals surface area (Å²) < 4.78 is 27.6. The normalized spacial score (nSPS) is 30.1. The molecule has 0 radical (unpaired) electrons. The molecule has 4 atom stereocenters. The maximum Gasteiger partial charge on any atom is 0.308 e. The van der Waals surface area contributed by atoms with Crippen LogP contribution in [0, 0.1) is 23.5 Å². The van der Waals surface area contributed by atoms with Crippen LogP contribution in [0.4, 0.5) is 8.78 Å². The van der Waals surface area contributed by atoms with E-state index in [2.05, 4.69) is 0 Å². The minimum Gasteiger partial charge on any atom is -0.481 e. The average Bonchev–Trinajstić information content (AvgIpc) is 3.27. The third kappa shape index (κ3) is 2.94. The van der Waals surface area contributed by atoms with E-state index in [0.29, 0.717) is 19.3 Å². The molecule has 2 aliphatic rings. The molecule has 1 aromatic rings. The van der Waals surface area contributed by atoms with Gasteiger partial charge in [-0.2, -0.15) is 0 Å². The van der Waals surface area contributed by atoms with Gasteiger partial charge in [-0.15, -0.1) is 0 Å². The molecule has 1 saturated heterocycles. The highest BCUT2D eigenvalue weighted by Gasteiger charge is 2.49. The molecule has 1 heterocycles. The average molecular weight is 323 g/mol. The van der Waals surface area contributed by atoms with Crippen LogP contribution in [0.25, 0.3) is 0 Å². The molecule has 124 valence electrons. The first kappa shape index (κ1) is 15.9. The van der Waals surface area contributed by atoms with Gasteiger partial charge >= 0.3 is 5.97 Å². The Hall–Kier alpha value is -1.98. The predicted octanol–water partition coefficient (Wildman–Crippen LogP) is 2.78. The number of carbonyl (C=O) groups excluding carboxylic acids is 1. The largest absolute Gasteiger partial charge is 0.481 e. The molecule has 1 saturated carbocycles. The number of hydrogen-bond acceptors (Lipinski definition) is 2. The molecule has 23 heavy (non-hydrogen) atoms. The van der Waals surface area contributed by atoms with E-state index in [1.54, 1.807) is 4.90 Å². The fourth-order valence-corrected chi connectivity index (χ4v) is 3.48. The van der Waals surface area contributed by atoms with Crippen molar-refractivity contribution >= 4 is 11.9 Å². The quantitative estimate of drug-likeness (QED) is 0.930. The molecule has 3 rings (SSSR count). The summed E-state index contributed by atoms with van der Waals surface area (Å²) in [7, 11) is 0. The Bertz CT molecular complexity index is 628. The molecule has 0 aromatic heterocycles. The first-order chi connectivity index (χ1) is 10.9. The van der Waals surface area contributed by atoms with Gasteiger partial charge in [-0.05, 0) is 38.3 Å². The molecule has 1 N–H and O–H groups in total. The van der Waals surface area contributed by atoms with Crippen molar-refractivity contribution in [3.63, 3.8) is 0 Å². The van der Waals surface area contributed by atoms with Gasteiger partial charge in [-0.1, -0.05) is 6.07 Å². The van der Waals surface area contributed by atoms with Crippen molar-refractivity contribution in [2.45, 2.75) is 38.1 Å². The standard InChI is InChI=1S/C17H19F2NO3/c1-9-5-6-10(17(22)23)8-20(9)16(21)12-7-11(12)15-13(18)3-2-4-14(15)19/h2-4,9-12H,5-8H2,1H3,(H,22,23). The number of likely N-dealkylation sites (tertiary alicyclic amines) is 1. The van der Waals surface area contributed by atoms with Crippen molar-refractivity contribution in [3.05, 3.63) is 35.4 Å². The van der Waals surface area contributed by atoms with E-state index >= 15 is 0 Å². The predicted molar refractivity (Wildman–Crippen MR) is 78.7 cm³/mol. The lowest BCUT2D eigenvalue weighted by Gasteiger charge is -2.36. The van der Waals surface area contributed by atoms with Gasteiger partial charge in [0, 0.05) is 30.0 Å². The highest BCUT2D eigenvalue weighted by molar-refractivity contribution is 5.84. The van der Waals surface area contributed by atoms with Crippen molar-refractivity contribution in [3.8, 4) is 0 Å². The van der Waals surface area contributed by atoms with E-state index in [1.807, 2.05) is 6.92 Å².